The average Bonchev–Trinajstić information content (AvgIpc) is 3.05. The molecule has 2 rings (SSSR count). The minimum Gasteiger partial charge on any atom is -0.467 e. The van der Waals surface area contributed by atoms with Gasteiger partial charge in [-0.15, -0.1) is 0 Å². The number of carbonyl (C=O) groups is 1. The van der Waals surface area contributed by atoms with Crippen LogP contribution >= 0.6 is 0 Å². The number of carbonyl (C=O) groups excluding carboxylic acids is 1. The molecule has 1 aromatic heterocycles. The van der Waals surface area contributed by atoms with E-state index in [1.165, 1.54) is 14.2 Å². The van der Waals surface area contributed by atoms with Crippen molar-refractivity contribution in [1.82, 2.24) is 9.78 Å². The lowest BCUT2D eigenvalue weighted by Crippen LogP contribution is -2.16. The molecule has 1 atom stereocenters. The highest BCUT2D eigenvalue weighted by Gasteiger charge is 2.20. The summed E-state index contributed by atoms with van der Waals surface area (Å²) >= 11 is 0. The van der Waals surface area contributed by atoms with Crippen LogP contribution in [0.4, 0.5) is 0 Å². The number of nitrogens with zero attached hydrogens (tertiary/aromatic N) is 2. The Morgan fingerprint density at radius 3 is 2.30 bits per heavy atom. The van der Waals surface area contributed by atoms with E-state index in [1.54, 1.807) is 10.9 Å². The monoisotopic (exact) mass is 276 g/mol. The van der Waals surface area contributed by atoms with Gasteiger partial charge in [-0.1, -0.05) is 26.0 Å². The van der Waals surface area contributed by atoms with Gasteiger partial charge in [0.05, 0.1) is 12.8 Å². The fourth-order valence-electron chi connectivity index (χ4n) is 1.70. The van der Waals surface area contributed by atoms with Crippen LogP contribution in [0.25, 0.3) is 5.69 Å². The van der Waals surface area contributed by atoms with E-state index in [0.29, 0.717) is 0 Å². The van der Waals surface area contributed by atoms with Crippen LogP contribution in [-0.4, -0.2) is 30.0 Å². The summed E-state index contributed by atoms with van der Waals surface area (Å²) in [4.78, 5) is 11.5. The molecular formula is C15H20N2O3. The maximum atomic E-state index is 11.5. The van der Waals surface area contributed by atoms with Crippen LogP contribution in [0.15, 0.2) is 42.7 Å². The lowest BCUT2D eigenvalue weighted by Gasteiger charge is -2.13. The molecule has 0 spiro atoms. The normalized spacial score (nSPS) is 11.2. The summed E-state index contributed by atoms with van der Waals surface area (Å²) in [5.74, 6) is -0.413. The highest BCUT2D eigenvalue weighted by Crippen LogP contribution is 2.19. The number of rotatable bonds is 4. The summed E-state index contributed by atoms with van der Waals surface area (Å²) in [5.41, 5.74) is 1.67. The van der Waals surface area contributed by atoms with Gasteiger partial charge in [0.25, 0.3) is 0 Å². The van der Waals surface area contributed by atoms with Gasteiger partial charge >= 0.3 is 5.97 Å². The minimum atomic E-state index is -0.693. The average molecular weight is 276 g/mol. The largest absolute Gasteiger partial charge is 0.467 e. The first-order chi connectivity index (χ1) is 9.76. The van der Waals surface area contributed by atoms with E-state index in [0.717, 1.165) is 11.3 Å². The Bertz CT molecular complexity index is 506. The van der Waals surface area contributed by atoms with E-state index >= 15 is 0 Å². The highest BCUT2D eigenvalue weighted by atomic mass is 16.6. The number of benzene rings is 1. The van der Waals surface area contributed by atoms with Gasteiger partial charge in [-0.2, -0.15) is 5.10 Å². The predicted octanol–water partition coefficient (Wildman–Crippen LogP) is 2.76. The molecule has 0 radical (unpaired) electrons. The summed E-state index contributed by atoms with van der Waals surface area (Å²) in [5, 5.41) is 4.13. The fourth-order valence-corrected chi connectivity index (χ4v) is 1.70. The van der Waals surface area contributed by atoms with E-state index in [9.17, 15) is 4.79 Å². The lowest BCUT2D eigenvalue weighted by atomic mass is 10.1. The van der Waals surface area contributed by atoms with Crippen LogP contribution in [0.3, 0.4) is 0 Å². The Hall–Kier alpha value is -2.14. The van der Waals surface area contributed by atoms with E-state index in [4.69, 9.17) is 4.74 Å². The second kappa shape index (κ2) is 8.12. The Morgan fingerprint density at radius 2 is 1.85 bits per heavy atom. The first kappa shape index (κ1) is 15.9. The van der Waals surface area contributed by atoms with E-state index in [2.05, 4.69) is 9.84 Å². The topological polar surface area (TPSA) is 53.4 Å². The predicted molar refractivity (Wildman–Crippen MR) is 76.7 cm³/mol. The molecule has 0 saturated carbocycles. The van der Waals surface area contributed by atoms with E-state index < -0.39 is 12.1 Å². The molecule has 5 heteroatoms. The molecule has 0 fully saturated rings. The van der Waals surface area contributed by atoms with Crippen molar-refractivity contribution in [2.75, 3.05) is 14.2 Å². The molecule has 0 bridgehead atoms. The lowest BCUT2D eigenvalue weighted by molar-refractivity contribution is -0.152. The highest BCUT2D eigenvalue weighted by molar-refractivity contribution is 5.76. The van der Waals surface area contributed by atoms with Crippen molar-refractivity contribution in [3.63, 3.8) is 0 Å². The van der Waals surface area contributed by atoms with Crippen molar-refractivity contribution in [2.45, 2.75) is 20.0 Å². The van der Waals surface area contributed by atoms with Gasteiger partial charge in [-0.25, -0.2) is 9.48 Å². The summed E-state index contributed by atoms with van der Waals surface area (Å²) in [6.45, 7) is 4.00. The molecule has 0 amide bonds. The first-order valence-electron chi connectivity index (χ1n) is 6.47. The van der Waals surface area contributed by atoms with Gasteiger partial charge in [0, 0.05) is 19.5 Å². The molecule has 0 aliphatic carbocycles. The van der Waals surface area contributed by atoms with Crippen molar-refractivity contribution >= 4 is 5.97 Å². The van der Waals surface area contributed by atoms with Gasteiger partial charge in [0.1, 0.15) is 0 Å². The zero-order valence-corrected chi connectivity index (χ0v) is 12.2. The maximum Gasteiger partial charge on any atom is 0.339 e. The Morgan fingerprint density at radius 1 is 1.20 bits per heavy atom. The molecule has 2 aromatic rings. The van der Waals surface area contributed by atoms with Crippen molar-refractivity contribution < 1.29 is 14.3 Å². The van der Waals surface area contributed by atoms with Gasteiger partial charge < -0.3 is 9.47 Å². The zero-order valence-electron chi connectivity index (χ0n) is 12.2. The van der Waals surface area contributed by atoms with Crippen LogP contribution in [0.2, 0.25) is 0 Å². The van der Waals surface area contributed by atoms with E-state index in [1.807, 2.05) is 50.4 Å². The first-order valence-corrected chi connectivity index (χ1v) is 6.47. The number of aromatic nitrogens is 2. The molecule has 1 aromatic carbocycles. The molecule has 0 aliphatic heterocycles. The van der Waals surface area contributed by atoms with Crippen LogP contribution in [0.5, 0.6) is 0 Å². The second-order valence-electron chi connectivity index (χ2n) is 3.68. The Balaban J connectivity index is 0.000000956. The molecule has 1 heterocycles. The summed E-state index contributed by atoms with van der Waals surface area (Å²) in [7, 11) is 2.81. The van der Waals surface area contributed by atoms with Gasteiger partial charge in [0.2, 0.25) is 0 Å². The van der Waals surface area contributed by atoms with Crippen molar-refractivity contribution in [2.24, 2.45) is 0 Å². The molecule has 1 unspecified atom stereocenters. The van der Waals surface area contributed by atoms with Gasteiger partial charge in [-0.05, 0) is 23.8 Å². The quantitative estimate of drug-likeness (QED) is 0.806. The van der Waals surface area contributed by atoms with Crippen LogP contribution < -0.4 is 0 Å². The van der Waals surface area contributed by atoms with Crippen LogP contribution in [-0.2, 0) is 14.3 Å². The van der Waals surface area contributed by atoms with Gasteiger partial charge in [-0.3, -0.25) is 0 Å². The standard InChI is InChI=1S/C13H14N2O3.C2H6/c1-17-12(13(16)18-2)10-4-6-11(7-5-10)15-9-3-8-14-15;1-2/h3-9,12H,1-2H3;1-2H3. The molecule has 108 valence electrons. The van der Waals surface area contributed by atoms with E-state index in [-0.39, 0.29) is 0 Å². The molecule has 20 heavy (non-hydrogen) atoms. The maximum absolute atomic E-state index is 11.5. The third-order valence-electron chi connectivity index (χ3n) is 2.62. The molecule has 0 aliphatic rings. The minimum absolute atomic E-state index is 0.413. The Kier molecular flexibility index (Phi) is 6.46. The summed E-state index contributed by atoms with van der Waals surface area (Å²) in [6.07, 6.45) is 2.87. The van der Waals surface area contributed by atoms with Crippen molar-refractivity contribution in [3.8, 4) is 5.69 Å². The van der Waals surface area contributed by atoms with Crippen molar-refractivity contribution in [3.05, 3.63) is 48.3 Å². The second-order valence-corrected chi connectivity index (χ2v) is 3.68. The summed E-state index contributed by atoms with van der Waals surface area (Å²) in [6, 6.07) is 9.24. The molecule has 5 nitrogen and oxygen atoms in total. The number of hydrogen-bond acceptors (Lipinski definition) is 4. The molecule has 0 N–H and O–H groups in total. The summed E-state index contributed by atoms with van der Waals surface area (Å²) < 4.78 is 11.5. The molecular weight excluding hydrogens is 256 g/mol. The zero-order chi connectivity index (χ0) is 15.0. The van der Waals surface area contributed by atoms with Crippen LogP contribution in [0, 0.1) is 0 Å². The van der Waals surface area contributed by atoms with Crippen LogP contribution in [0.1, 0.15) is 25.5 Å². The number of methoxy groups -OCH3 is 2. The fraction of sp³-hybridized carbons (Fsp3) is 0.333. The number of esters is 1. The third-order valence-corrected chi connectivity index (χ3v) is 2.62. The Labute approximate surface area is 119 Å². The van der Waals surface area contributed by atoms with Gasteiger partial charge in [0.15, 0.2) is 6.10 Å². The smallest absolute Gasteiger partial charge is 0.339 e. The number of hydrogen-bond donors (Lipinski definition) is 0. The number of ether oxygens (including phenoxy) is 2. The third kappa shape index (κ3) is 3.68. The SMILES string of the molecule is CC.COC(=O)C(OC)c1ccc(-n2cccn2)cc1. The van der Waals surface area contributed by atoms with Crippen molar-refractivity contribution in [1.29, 1.82) is 0 Å². The molecule has 0 saturated heterocycles.